The van der Waals surface area contributed by atoms with Gasteiger partial charge >= 0.3 is 7.83 Å². The van der Waals surface area contributed by atoms with Crippen LogP contribution in [0.25, 0.3) is 0 Å². The molecule has 3 nitrogen and oxygen atoms in total. The summed E-state index contributed by atoms with van der Waals surface area (Å²) in [4.78, 5) is 0. The number of benzene rings is 1. The first-order valence-corrected chi connectivity index (χ1v) is 7.65. The summed E-state index contributed by atoms with van der Waals surface area (Å²) in [6.07, 6.45) is 3.73. The highest BCUT2D eigenvalue weighted by molar-refractivity contribution is 7.50. The molecule has 0 saturated carbocycles. The fraction of sp³-hybridized carbons (Fsp3) is 0.538. The van der Waals surface area contributed by atoms with Gasteiger partial charge in [0.25, 0.3) is 0 Å². The van der Waals surface area contributed by atoms with E-state index in [0.29, 0.717) is 0 Å². The quantitative estimate of drug-likeness (QED) is 0.528. The summed E-state index contributed by atoms with van der Waals surface area (Å²) < 4.78 is 30.2. The van der Waals surface area contributed by atoms with E-state index in [1.165, 1.54) is 19.7 Å². The summed E-state index contributed by atoms with van der Waals surface area (Å²) in [6, 6.07) is 10.2. The zero-order valence-corrected chi connectivity index (χ0v) is 11.9. The molecular weight excluding hydrogens is 252 g/mol. The van der Waals surface area contributed by atoms with Crippen LogP contribution in [0.1, 0.15) is 24.8 Å². The van der Waals surface area contributed by atoms with E-state index in [4.69, 9.17) is 4.52 Å². The fourth-order valence-electron chi connectivity index (χ4n) is 1.55. The van der Waals surface area contributed by atoms with Crippen LogP contribution in [-0.4, -0.2) is 25.4 Å². The molecule has 0 amide bonds. The molecule has 1 aromatic carbocycles. The molecule has 0 aliphatic heterocycles. The van der Waals surface area contributed by atoms with Gasteiger partial charge in [0.2, 0.25) is 0 Å². The van der Waals surface area contributed by atoms with Crippen LogP contribution in [0.5, 0.6) is 0 Å². The van der Waals surface area contributed by atoms with Gasteiger partial charge in [-0.3, -0.25) is 4.52 Å². The predicted molar refractivity (Wildman–Crippen MR) is 72.4 cm³/mol. The fourth-order valence-corrected chi connectivity index (χ4v) is 2.13. The van der Waals surface area contributed by atoms with Crippen LogP contribution >= 0.6 is 7.83 Å². The molecule has 0 bridgehead atoms. The van der Waals surface area contributed by atoms with Crippen molar-refractivity contribution < 1.29 is 13.3 Å². The second-order valence-corrected chi connectivity index (χ2v) is 6.39. The van der Waals surface area contributed by atoms with Crippen LogP contribution in [0.15, 0.2) is 30.3 Å². The van der Waals surface area contributed by atoms with E-state index >= 15 is 0 Å². The Morgan fingerprint density at radius 2 is 1.83 bits per heavy atom. The molecule has 0 aliphatic carbocycles. The van der Waals surface area contributed by atoms with Crippen molar-refractivity contribution in [1.82, 2.24) is 4.67 Å². The molecular formula is C13H21FNO2P. The van der Waals surface area contributed by atoms with E-state index in [1.54, 1.807) is 0 Å². The Morgan fingerprint density at radius 3 is 2.44 bits per heavy atom. The molecule has 0 fully saturated rings. The highest BCUT2D eigenvalue weighted by Crippen LogP contribution is 2.50. The summed E-state index contributed by atoms with van der Waals surface area (Å²) in [5.74, 6) is 0. The third-order valence-electron chi connectivity index (χ3n) is 2.68. The largest absolute Gasteiger partial charge is 0.444 e. The van der Waals surface area contributed by atoms with Crippen LogP contribution in [0, 0.1) is 0 Å². The molecule has 1 unspecified atom stereocenters. The van der Waals surface area contributed by atoms with Gasteiger partial charge in [0.15, 0.2) is 0 Å². The van der Waals surface area contributed by atoms with Crippen molar-refractivity contribution in [2.24, 2.45) is 0 Å². The maximum atomic E-state index is 13.2. The highest BCUT2D eigenvalue weighted by Gasteiger charge is 2.24. The molecule has 0 saturated heterocycles. The number of aryl methyl sites for hydroxylation is 1. The van der Waals surface area contributed by atoms with Crippen molar-refractivity contribution in [3.8, 4) is 0 Å². The van der Waals surface area contributed by atoms with E-state index in [2.05, 4.69) is 12.1 Å². The number of nitrogens with zero attached hydrogens (tertiary/aromatic N) is 1. The monoisotopic (exact) mass is 273 g/mol. The van der Waals surface area contributed by atoms with Crippen molar-refractivity contribution in [2.75, 3.05) is 20.7 Å². The molecule has 0 radical (unpaired) electrons. The number of unbranched alkanes of at least 4 members (excludes halogenated alkanes) is 2. The number of rotatable bonds is 8. The maximum Gasteiger partial charge on any atom is 0.444 e. The van der Waals surface area contributed by atoms with E-state index in [-0.39, 0.29) is 6.61 Å². The van der Waals surface area contributed by atoms with E-state index in [0.717, 1.165) is 30.4 Å². The van der Waals surface area contributed by atoms with Crippen molar-refractivity contribution >= 4 is 7.83 Å². The molecule has 0 heterocycles. The van der Waals surface area contributed by atoms with Crippen LogP contribution in [-0.2, 0) is 15.5 Å². The average Bonchev–Trinajstić information content (AvgIpc) is 2.34. The lowest BCUT2D eigenvalue weighted by Gasteiger charge is -2.15. The molecule has 5 heteroatoms. The second-order valence-electron chi connectivity index (χ2n) is 4.43. The zero-order valence-electron chi connectivity index (χ0n) is 11.0. The number of hydrogen-bond donors (Lipinski definition) is 0. The summed E-state index contributed by atoms with van der Waals surface area (Å²) in [7, 11) is -1.21. The van der Waals surface area contributed by atoms with E-state index < -0.39 is 7.83 Å². The highest BCUT2D eigenvalue weighted by atomic mass is 31.2. The van der Waals surface area contributed by atoms with Crippen molar-refractivity contribution in [3.05, 3.63) is 35.9 Å². The minimum Gasteiger partial charge on any atom is -0.293 e. The van der Waals surface area contributed by atoms with Crippen molar-refractivity contribution in [1.29, 1.82) is 0 Å². The van der Waals surface area contributed by atoms with Crippen LogP contribution < -0.4 is 0 Å². The third-order valence-corrected chi connectivity index (χ3v) is 4.14. The Kier molecular flexibility index (Phi) is 6.55. The molecule has 1 aromatic rings. The first-order chi connectivity index (χ1) is 8.52. The van der Waals surface area contributed by atoms with Gasteiger partial charge in [-0.2, -0.15) is 0 Å². The van der Waals surface area contributed by atoms with Crippen LogP contribution in [0.2, 0.25) is 0 Å². The summed E-state index contributed by atoms with van der Waals surface area (Å²) >= 11 is 0. The van der Waals surface area contributed by atoms with Crippen LogP contribution in [0.4, 0.5) is 4.20 Å². The van der Waals surface area contributed by atoms with Gasteiger partial charge in [0.05, 0.1) is 6.61 Å². The van der Waals surface area contributed by atoms with Gasteiger partial charge < -0.3 is 0 Å². The van der Waals surface area contributed by atoms with Gasteiger partial charge in [0, 0.05) is 0 Å². The van der Waals surface area contributed by atoms with Crippen LogP contribution in [0.3, 0.4) is 0 Å². The summed E-state index contributed by atoms with van der Waals surface area (Å²) in [5, 5.41) is 0. The Balaban J connectivity index is 2.08. The molecule has 18 heavy (non-hydrogen) atoms. The lowest BCUT2D eigenvalue weighted by atomic mass is 10.1. The first kappa shape index (κ1) is 15.4. The molecule has 1 rings (SSSR count). The van der Waals surface area contributed by atoms with Gasteiger partial charge in [-0.15, -0.1) is 4.20 Å². The van der Waals surface area contributed by atoms with Gasteiger partial charge in [-0.1, -0.05) is 36.8 Å². The molecule has 102 valence electrons. The Hall–Kier alpha value is -0.700. The Morgan fingerprint density at radius 1 is 1.17 bits per heavy atom. The lowest BCUT2D eigenvalue weighted by molar-refractivity contribution is 0.244. The lowest BCUT2D eigenvalue weighted by Crippen LogP contribution is -2.08. The average molecular weight is 273 g/mol. The summed E-state index contributed by atoms with van der Waals surface area (Å²) in [6.45, 7) is 0.209. The molecule has 0 N–H and O–H groups in total. The Bertz CT molecular complexity index is 384. The minimum atomic E-state index is -4.04. The zero-order chi connectivity index (χ0) is 13.4. The topological polar surface area (TPSA) is 29.5 Å². The predicted octanol–water partition coefficient (Wildman–Crippen LogP) is 4.06. The molecule has 0 aromatic heterocycles. The number of hydrogen-bond acceptors (Lipinski definition) is 2. The molecule has 0 spiro atoms. The van der Waals surface area contributed by atoms with Gasteiger partial charge in [0.1, 0.15) is 0 Å². The Labute approximate surface area is 109 Å². The smallest absolute Gasteiger partial charge is 0.293 e. The normalized spacial score (nSPS) is 14.7. The maximum absolute atomic E-state index is 13.2. The molecule has 0 aliphatic rings. The van der Waals surface area contributed by atoms with Gasteiger partial charge in [-0.25, -0.2) is 9.24 Å². The standard InChI is InChI=1S/C13H21FNO2P/c1-15(2)18(14,16)17-12-8-4-7-11-13-9-5-3-6-10-13/h3,5-6,9-10H,4,7-8,11-12H2,1-2H3. The first-order valence-electron chi connectivity index (χ1n) is 6.18. The van der Waals surface area contributed by atoms with Crippen molar-refractivity contribution in [2.45, 2.75) is 25.7 Å². The second kappa shape index (κ2) is 7.67. The summed E-state index contributed by atoms with van der Waals surface area (Å²) in [5.41, 5.74) is 1.31. The minimum absolute atomic E-state index is 0.209. The van der Waals surface area contributed by atoms with Gasteiger partial charge in [-0.05, 0) is 38.9 Å². The number of halogens is 1. The van der Waals surface area contributed by atoms with Crippen molar-refractivity contribution in [3.63, 3.8) is 0 Å². The van der Waals surface area contributed by atoms with E-state index in [1.807, 2.05) is 18.2 Å². The molecule has 1 atom stereocenters. The van der Waals surface area contributed by atoms with E-state index in [9.17, 15) is 8.76 Å². The third kappa shape index (κ3) is 5.76. The SMILES string of the molecule is CN(C)P(=O)(F)OCCCCCc1ccccc1.